The fourth-order valence-electron chi connectivity index (χ4n) is 2.73. The van der Waals surface area contributed by atoms with Crippen LogP contribution in [-0.4, -0.2) is 33.1 Å². The molecule has 7 heteroatoms. The molecule has 1 aliphatic rings. The van der Waals surface area contributed by atoms with Crippen LogP contribution in [0.5, 0.6) is 11.5 Å². The number of methoxy groups -OCH3 is 1. The number of ether oxygens (including phenoxy) is 2. The summed E-state index contributed by atoms with van der Waals surface area (Å²) in [5.41, 5.74) is 1.07. The van der Waals surface area contributed by atoms with Gasteiger partial charge in [-0.1, -0.05) is 11.8 Å². The molecule has 28 heavy (non-hydrogen) atoms. The van der Waals surface area contributed by atoms with Crippen molar-refractivity contribution >= 4 is 10.6 Å². The van der Waals surface area contributed by atoms with Crippen molar-refractivity contribution in [3.63, 3.8) is 0 Å². The van der Waals surface area contributed by atoms with Crippen molar-refractivity contribution in [2.45, 2.75) is 24.7 Å². The van der Waals surface area contributed by atoms with Crippen LogP contribution in [0.15, 0.2) is 40.2 Å². The molecule has 1 heterocycles. The van der Waals surface area contributed by atoms with E-state index in [9.17, 15) is 13.9 Å². The predicted octanol–water partition coefficient (Wildman–Crippen LogP) is 3.98. The first kappa shape index (κ1) is 20.3. The summed E-state index contributed by atoms with van der Waals surface area (Å²) in [6.45, 7) is 1.97. The Morgan fingerprint density at radius 1 is 1.25 bits per heavy atom. The summed E-state index contributed by atoms with van der Waals surface area (Å²) in [6, 6.07) is 6.69. The fraction of sp³-hybridized carbons (Fsp3) is 0.381. The summed E-state index contributed by atoms with van der Waals surface area (Å²) in [7, 11) is 0.188. The van der Waals surface area contributed by atoms with Crippen molar-refractivity contribution in [3.8, 4) is 34.5 Å². The average Bonchev–Trinajstić information content (AvgIpc) is 3.51. The van der Waals surface area contributed by atoms with Crippen molar-refractivity contribution in [3.05, 3.63) is 40.8 Å². The van der Waals surface area contributed by atoms with Crippen LogP contribution < -0.4 is 15.0 Å². The molecule has 1 aliphatic carbocycles. The van der Waals surface area contributed by atoms with Crippen LogP contribution in [0.25, 0.3) is 11.1 Å². The first-order valence-corrected chi connectivity index (χ1v) is 10.8. The molecule has 0 unspecified atom stereocenters. The SMILES string of the molecule is CCS(O)(O)c1ccc(OCC#CC2CC2)c(-c2cc(OC)c(=O)n(C)c2)c1. The lowest BCUT2D eigenvalue weighted by atomic mass is 10.1. The van der Waals surface area contributed by atoms with E-state index in [1.165, 1.54) is 11.7 Å². The quantitative estimate of drug-likeness (QED) is 0.713. The van der Waals surface area contributed by atoms with Gasteiger partial charge in [-0.3, -0.25) is 13.9 Å². The second-order valence-electron chi connectivity index (χ2n) is 6.71. The van der Waals surface area contributed by atoms with Crippen LogP contribution >= 0.6 is 10.6 Å². The van der Waals surface area contributed by atoms with Gasteiger partial charge in [0.1, 0.15) is 12.4 Å². The number of nitrogens with zero attached hydrogens (tertiary/aromatic N) is 1. The van der Waals surface area contributed by atoms with Crippen molar-refractivity contribution in [2.75, 3.05) is 19.5 Å². The summed E-state index contributed by atoms with van der Waals surface area (Å²) in [4.78, 5) is 12.6. The highest BCUT2D eigenvalue weighted by atomic mass is 32.3. The number of hydrogen-bond donors (Lipinski definition) is 2. The van der Waals surface area contributed by atoms with Gasteiger partial charge in [0.15, 0.2) is 5.75 Å². The summed E-state index contributed by atoms with van der Waals surface area (Å²) in [5, 5.41) is 0. The number of hydrogen-bond acceptors (Lipinski definition) is 5. The van der Waals surface area contributed by atoms with E-state index in [4.69, 9.17) is 9.47 Å². The Morgan fingerprint density at radius 2 is 2.00 bits per heavy atom. The highest BCUT2D eigenvalue weighted by molar-refractivity contribution is 8.24. The van der Waals surface area contributed by atoms with Gasteiger partial charge in [0.2, 0.25) is 0 Å². The Bertz CT molecular complexity index is 983. The maximum absolute atomic E-state index is 12.1. The van der Waals surface area contributed by atoms with Crippen LogP contribution in [0, 0.1) is 17.8 Å². The van der Waals surface area contributed by atoms with E-state index >= 15 is 0 Å². The van der Waals surface area contributed by atoms with Crippen LogP contribution in [0.4, 0.5) is 0 Å². The third-order valence-corrected chi connectivity index (χ3v) is 6.41. The van der Waals surface area contributed by atoms with E-state index in [0.717, 1.165) is 12.8 Å². The van der Waals surface area contributed by atoms with E-state index in [1.807, 2.05) is 0 Å². The molecule has 0 radical (unpaired) electrons. The number of aryl methyl sites for hydroxylation is 1. The van der Waals surface area contributed by atoms with Crippen molar-refractivity contribution < 1.29 is 18.6 Å². The molecule has 2 N–H and O–H groups in total. The van der Waals surface area contributed by atoms with Crippen LogP contribution in [0.3, 0.4) is 0 Å². The Labute approximate surface area is 166 Å². The van der Waals surface area contributed by atoms with Gasteiger partial charge < -0.3 is 14.0 Å². The zero-order chi connectivity index (χ0) is 20.3. The largest absolute Gasteiger partial charge is 0.491 e. The highest BCUT2D eigenvalue weighted by Crippen LogP contribution is 2.49. The highest BCUT2D eigenvalue weighted by Gasteiger charge is 2.19. The Morgan fingerprint density at radius 3 is 2.64 bits per heavy atom. The minimum absolute atomic E-state index is 0.201. The monoisotopic (exact) mass is 403 g/mol. The molecule has 1 fully saturated rings. The standard InChI is InChI=1S/C21H25NO5S/c1-4-28(24,25)17-9-10-19(27-11-5-6-15-7-8-15)18(13-17)16-12-20(26-3)21(23)22(2)14-16/h9-10,12-15,24-25H,4,7-8,11H2,1-3H3. The molecule has 1 aromatic carbocycles. The van der Waals surface area contributed by atoms with Gasteiger partial charge in [0.25, 0.3) is 5.56 Å². The Balaban J connectivity index is 2.04. The maximum Gasteiger partial charge on any atom is 0.292 e. The van der Waals surface area contributed by atoms with Gasteiger partial charge in [-0.25, -0.2) is 0 Å². The number of aromatic nitrogens is 1. The molecular weight excluding hydrogens is 378 g/mol. The van der Waals surface area contributed by atoms with Gasteiger partial charge in [-0.15, -0.1) is 0 Å². The molecule has 3 rings (SSSR count). The lowest BCUT2D eigenvalue weighted by Crippen LogP contribution is -2.17. The maximum atomic E-state index is 12.1. The van der Waals surface area contributed by atoms with E-state index in [1.54, 1.807) is 44.4 Å². The second-order valence-corrected chi connectivity index (χ2v) is 9.09. The van der Waals surface area contributed by atoms with Gasteiger partial charge in [-0.05, 0) is 44.0 Å². The normalized spacial score (nSPS) is 14.2. The van der Waals surface area contributed by atoms with E-state index in [2.05, 4.69) is 11.8 Å². The van der Waals surface area contributed by atoms with Gasteiger partial charge in [-0.2, -0.15) is 10.6 Å². The molecule has 0 saturated heterocycles. The molecule has 1 saturated carbocycles. The van der Waals surface area contributed by atoms with Gasteiger partial charge in [0, 0.05) is 36.0 Å². The first-order valence-electron chi connectivity index (χ1n) is 9.12. The molecule has 6 nitrogen and oxygen atoms in total. The smallest absolute Gasteiger partial charge is 0.292 e. The van der Waals surface area contributed by atoms with E-state index in [0.29, 0.717) is 27.7 Å². The molecule has 0 aliphatic heterocycles. The summed E-state index contributed by atoms with van der Waals surface area (Å²) in [5.74, 6) is 7.65. The molecular formula is C21H25NO5S. The molecule has 0 amide bonds. The van der Waals surface area contributed by atoms with Crippen LogP contribution in [0.2, 0.25) is 0 Å². The lowest BCUT2D eigenvalue weighted by Gasteiger charge is -2.31. The van der Waals surface area contributed by atoms with Crippen molar-refractivity contribution in [2.24, 2.45) is 13.0 Å². The Kier molecular flexibility index (Phi) is 6.04. The zero-order valence-electron chi connectivity index (χ0n) is 16.3. The lowest BCUT2D eigenvalue weighted by molar-refractivity contribution is 0.371. The molecule has 0 atom stereocenters. The van der Waals surface area contributed by atoms with Crippen LogP contribution in [0.1, 0.15) is 19.8 Å². The second kappa shape index (κ2) is 8.31. The number of pyridine rings is 1. The third-order valence-electron chi connectivity index (χ3n) is 4.60. The minimum Gasteiger partial charge on any atom is -0.491 e. The summed E-state index contributed by atoms with van der Waals surface area (Å²) < 4.78 is 33.1. The Hall–Kier alpha value is -2.40. The topological polar surface area (TPSA) is 80.9 Å². The van der Waals surface area contributed by atoms with E-state index < -0.39 is 10.6 Å². The van der Waals surface area contributed by atoms with Gasteiger partial charge in [0.05, 0.1) is 12.0 Å². The zero-order valence-corrected chi connectivity index (χ0v) is 17.1. The minimum atomic E-state index is -2.89. The molecule has 1 aromatic heterocycles. The van der Waals surface area contributed by atoms with Crippen molar-refractivity contribution in [1.29, 1.82) is 0 Å². The predicted molar refractivity (Wildman–Crippen MR) is 111 cm³/mol. The summed E-state index contributed by atoms with van der Waals surface area (Å²) in [6.07, 6.45) is 3.98. The third kappa shape index (κ3) is 4.53. The molecule has 2 aromatic rings. The van der Waals surface area contributed by atoms with Crippen molar-refractivity contribution in [1.82, 2.24) is 4.57 Å². The first-order chi connectivity index (χ1) is 13.4. The van der Waals surface area contributed by atoms with Crippen LogP contribution in [-0.2, 0) is 7.05 Å². The van der Waals surface area contributed by atoms with Gasteiger partial charge >= 0.3 is 0 Å². The van der Waals surface area contributed by atoms with E-state index in [-0.39, 0.29) is 23.7 Å². The summed E-state index contributed by atoms with van der Waals surface area (Å²) >= 11 is 0. The average molecular weight is 404 g/mol. The number of benzene rings is 1. The number of rotatable bonds is 6. The molecule has 0 bridgehead atoms. The molecule has 150 valence electrons. The molecule has 0 spiro atoms. The fourth-order valence-corrected chi connectivity index (χ4v) is 3.66.